The molecule has 0 unspecified atom stereocenters. The SMILES string of the molecule is Cc1cccc(NC(=O)C2(C(=O)Nc3ccc(Cl)cc3Cl)CC2)c1C. The Bertz CT molecular complexity index is 860. The normalized spacial score (nSPS) is 14.7. The molecule has 4 nitrogen and oxygen atoms in total. The van der Waals surface area contributed by atoms with Gasteiger partial charge < -0.3 is 10.6 Å². The van der Waals surface area contributed by atoms with Crippen LogP contribution in [-0.4, -0.2) is 11.8 Å². The van der Waals surface area contributed by atoms with E-state index >= 15 is 0 Å². The summed E-state index contributed by atoms with van der Waals surface area (Å²) in [7, 11) is 0. The van der Waals surface area contributed by atoms with Gasteiger partial charge in [-0.25, -0.2) is 0 Å². The Kier molecular flexibility index (Phi) is 4.76. The van der Waals surface area contributed by atoms with Gasteiger partial charge in [0.25, 0.3) is 0 Å². The van der Waals surface area contributed by atoms with Gasteiger partial charge in [0.05, 0.1) is 10.7 Å². The molecule has 0 atom stereocenters. The van der Waals surface area contributed by atoms with Crippen molar-refractivity contribution in [1.29, 1.82) is 0 Å². The van der Waals surface area contributed by atoms with Gasteiger partial charge in [-0.1, -0.05) is 35.3 Å². The molecule has 1 aliphatic rings. The first-order valence-corrected chi connectivity index (χ1v) is 8.73. The van der Waals surface area contributed by atoms with Gasteiger partial charge in [0.1, 0.15) is 5.41 Å². The summed E-state index contributed by atoms with van der Waals surface area (Å²) in [6.45, 7) is 3.92. The number of halogens is 2. The maximum absolute atomic E-state index is 12.7. The van der Waals surface area contributed by atoms with Gasteiger partial charge in [-0.05, 0) is 62.1 Å². The summed E-state index contributed by atoms with van der Waals surface area (Å²) in [5, 5.41) is 6.46. The van der Waals surface area contributed by atoms with Crippen molar-refractivity contribution in [3.63, 3.8) is 0 Å². The first-order chi connectivity index (χ1) is 11.8. The number of amides is 2. The summed E-state index contributed by atoms with van der Waals surface area (Å²) in [6.07, 6.45) is 1.03. The van der Waals surface area contributed by atoms with E-state index in [1.165, 1.54) is 0 Å². The number of rotatable bonds is 4. The van der Waals surface area contributed by atoms with E-state index in [0.29, 0.717) is 28.6 Å². The number of hydrogen-bond acceptors (Lipinski definition) is 2. The second kappa shape index (κ2) is 6.70. The molecule has 0 spiro atoms. The molecule has 1 saturated carbocycles. The molecule has 0 bridgehead atoms. The number of aryl methyl sites for hydroxylation is 1. The lowest BCUT2D eigenvalue weighted by atomic mass is 10.0. The molecule has 0 heterocycles. The van der Waals surface area contributed by atoms with Crippen LogP contribution in [0.4, 0.5) is 11.4 Å². The lowest BCUT2D eigenvalue weighted by Gasteiger charge is -2.17. The van der Waals surface area contributed by atoms with Crippen molar-refractivity contribution in [3.05, 3.63) is 57.6 Å². The smallest absolute Gasteiger partial charge is 0.240 e. The van der Waals surface area contributed by atoms with Gasteiger partial charge in [-0.3, -0.25) is 9.59 Å². The van der Waals surface area contributed by atoms with Crippen molar-refractivity contribution in [3.8, 4) is 0 Å². The highest BCUT2D eigenvalue weighted by molar-refractivity contribution is 6.37. The Morgan fingerprint density at radius 2 is 1.60 bits per heavy atom. The molecule has 6 heteroatoms. The Labute approximate surface area is 156 Å². The van der Waals surface area contributed by atoms with Crippen molar-refractivity contribution in [2.75, 3.05) is 10.6 Å². The maximum Gasteiger partial charge on any atom is 0.240 e. The minimum atomic E-state index is -1.04. The molecule has 0 aromatic heterocycles. The summed E-state index contributed by atoms with van der Waals surface area (Å²) < 4.78 is 0. The highest BCUT2D eigenvalue weighted by Gasteiger charge is 2.56. The van der Waals surface area contributed by atoms with Crippen LogP contribution in [0.1, 0.15) is 24.0 Å². The van der Waals surface area contributed by atoms with Crippen molar-refractivity contribution in [2.24, 2.45) is 5.41 Å². The zero-order chi connectivity index (χ0) is 18.2. The molecular formula is C19H18Cl2N2O2. The molecule has 2 aromatic rings. The topological polar surface area (TPSA) is 58.2 Å². The Morgan fingerprint density at radius 1 is 0.960 bits per heavy atom. The molecule has 130 valence electrons. The Morgan fingerprint density at radius 3 is 2.20 bits per heavy atom. The van der Waals surface area contributed by atoms with Crippen LogP contribution in [0.25, 0.3) is 0 Å². The second-order valence-corrected chi connectivity index (χ2v) is 7.21. The van der Waals surface area contributed by atoms with Crippen LogP contribution in [0.15, 0.2) is 36.4 Å². The van der Waals surface area contributed by atoms with E-state index < -0.39 is 5.41 Å². The molecule has 2 aromatic carbocycles. The monoisotopic (exact) mass is 376 g/mol. The van der Waals surface area contributed by atoms with Crippen molar-refractivity contribution in [2.45, 2.75) is 26.7 Å². The van der Waals surface area contributed by atoms with Gasteiger partial charge in [-0.15, -0.1) is 0 Å². The molecule has 0 radical (unpaired) electrons. The van der Waals surface area contributed by atoms with Gasteiger partial charge >= 0.3 is 0 Å². The predicted molar refractivity (Wildman–Crippen MR) is 101 cm³/mol. The standard InChI is InChI=1S/C19H18Cl2N2O2/c1-11-4-3-5-15(12(11)2)22-17(24)19(8-9-19)18(25)23-16-7-6-13(20)10-14(16)21/h3-7,10H,8-9H2,1-2H3,(H,22,24)(H,23,25). The van der Waals surface area contributed by atoms with Crippen molar-refractivity contribution >= 4 is 46.4 Å². The third-order valence-corrected chi connectivity index (χ3v) is 5.20. The van der Waals surface area contributed by atoms with Gasteiger partial charge in [0.2, 0.25) is 11.8 Å². The highest BCUT2D eigenvalue weighted by Crippen LogP contribution is 2.48. The lowest BCUT2D eigenvalue weighted by Crippen LogP contribution is -2.35. The highest BCUT2D eigenvalue weighted by atomic mass is 35.5. The van der Waals surface area contributed by atoms with Crippen LogP contribution < -0.4 is 10.6 Å². The number of hydrogen-bond donors (Lipinski definition) is 2. The fourth-order valence-electron chi connectivity index (χ4n) is 2.64. The van der Waals surface area contributed by atoms with E-state index in [1.54, 1.807) is 18.2 Å². The fraction of sp³-hybridized carbons (Fsp3) is 0.263. The van der Waals surface area contributed by atoms with E-state index in [4.69, 9.17) is 23.2 Å². The molecule has 25 heavy (non-hydrogen) atoms. The number of carbonyl (C=O) groups is 2. The van der Waals surface area contributed by atoms with Gasteiger partial charge in [-0.2, -0.15) is 0 Å². The Balaban J connectivity index is 1.76. The third-order valence-electron chi connectivity index (χ3n) is 4.65. The van der Waals surface area contributed by atoms with Crippen LogP contribution in [0.2, 0.25) is 10.0 Å². The van der Waals surface area contributed by atoms with E-state index in [9.17, 15) is 9.59 Å². The first-order valence-electron chi connectivity index (χ1n) is 7.98. The minimum absolute atomic E-state index is 0.288. The summed E-state index contributed by atoms with van der Waals surface area (Å²) in [5.41, 5.74) is 2.21. The molecule has 1 aliphatic carbocycles. The lowest BCUT2D eigenvalue weighted by molar-refractivity contribution is -0.131. The van der Waals surface area contributed by atoms with Crippen LogP contribution >= 0.6 is 23.2 Å². The predicted octanol–water partition coefficient (Wildman–Crippen LogP) is 4.97. The maximum atomic E-state index is 12.7. The van der Waals surface area contributed by atoms with Gasteiger partial charge in [0, 0.05) is 10.7 Å². The Hall–Kier alpha value is -2.04. The third kappa shape index (κ3) is 3.51. The quantitative estimate of drug-likeness (QED) is 0.740. The van der Waals surface area contributed by atoms with E-state index in [1.807, 2.05) is 32.0 Å². The van der Waals surface area contributed by atoms with Crippen molar-refractivity contribution < 1.29 is 9.59 Å². The zero-order valence-electron chi connectivity index (χ0n) is 14.0. The van der Waals surface area contributed by atoms with Crippen molar-refractivity contribution in [1.82, 2.24) is 0 Å². The van der Waals surface area contributed by atoms with E-state index in [0.717, 1.165) is 16.8 Å². The van der Waals surface area contributed by atoms with Crippen LogP contribution in [-0.2, 0) is 9.59 Å². The number of carbonyl (C=O) groups excluding carboxylic acids is 2. The molecule has 2 amide bonds. The summed E-state index contributed by atoms with van der Waals surface area (Å²) in [5.74, 6) is -0.636. The summed E-state index contributed by atoms with van der Waals surface area (Å²) >= 11 is 12.0. The molecule has 1 fully saturated rings. The minimum Gasteiger partial charge on any atom is -0.325 e. The number of nitrogens with one attached hydrogen (secondary N) is 2. The number of anilines is 2. The van der Waals surface area contributed by atoms with Crippen LogP contribution in [0.5, 0.6) is 0 Å². The van der Waals surface area contributed by atoms with Gasteiger partial charge in [0.15, 0.2) is 0 Å². The van der Waals surface area contributed by atoms with Crippen LogP contribution in [0.3, 0.4) is 0 Å². The van der Waals surface area contributed by atoms with E-state index in [2.05, 4.69) is 10.6 Å². The fourth-order valence-corrected chi connectivity index (χ4v) is 3.10. The second-order valence-electron chi connectivity index (χ2n) is 6.36. The zero-order valence-corrected chi connectivity index (χ0v) is 15.5. The molecule has 0 saturated heterocycles. The molecular weight excluding hydrogens is 359 g/mol. The summed E-state index contributed by atoms with van der Waals surface area (Å²) in [6, 6.07) is 10.5. The molecule has 0 aliphatic heterocycles. The largest absolute Gasteiger partial charge is 0.325 e. The number of benzene rings is 2. The average molecular weight is 377 g/mol. The summed E-state index contributed by atoms with van der Waals surface area (Å²) in [4.78, 5) is 25.4. The van der Waals surface area contributed by atoms with E-state index in [-0.39, 0.29) is 11.8 Å². The molecule has 2 N–H and O–H groups in total. The first kappa shape index (κ1) is 17.8. The molecule has 3 rings (SSSR count). The average Bonchev–Trinajstić information content (AvgIpc) is 3.36. The van der Waals surface area contributed by atoms with Crippen LogP contribution in [0, 0.1) is 19.3 Å².